The van der Waals surface area contributed by atoms with Gasteiger partial charge in [-0.2, -0.15) is 0 Å². The Balaban J connectivity index is 2.08. The molecule has 0 unspecified atom stereocenters. The summed E-state index contributed by atoms with van der Waals surface area (Å²) in [6.45, 7) is 1.23. The first-order valence-electron chi connectivity index (χ1n) is 7.01. The third-order valence-electron chi connectivity index (χ3n) is 2.93. The zero-order valence-electron chi connectivity index (χ0n) is 13.0. The minimum Gasteiger partial charge on any atom is -0.426 e. The van der Waals surface area contributed by atoms with Gasteiger partial charge in [0.1, 0.15) is 5.75 Å². The number of thiocarbonyl (C=S) groups is 1. The van der Waals surface area contributed by atoms with Crippen molar-refractivity contribution in [2.45, 2.75) is 6.92 Å². The van der Waals surface area contributed by atoms with E-state index in [9.17, 15) is 19.7 Å². The first-order valence-corrected chi connectivity index (χ1v) is 7.42. The van der Waals surface area contributed by atoms with Gasteiger partial charge in [0.25, 0.3) is 11.6 Å². The quantitative estimate of drug-likeness (QED) is 0.284. The molecule has 0 aliphatic carbocycles. The third-order valence-corrected chi connectivity index (χ3v) is 3.13. The van der Waals surface area contributed by atoms with Crippen LogP contribution in [0.2, 0.25) is 0 Å². The molecule has 1 amide bonds. The third kappa shape index (κ3) is 5.08. The summed E-state index contributed by atoms with van der Waals surface area (Å²) >= 11 is 5.03. The monoisotopic (exact) mass is 359 g/mol. The van der Waals surface area contributed by atoms with E-state index in [1.54, 1.807) is 18.2 Å². The lowest BCUT2D eigenvalue weighted by atomic mass is 10.2. The number of non-ortho nitro benzene ring substituents is 1. The Morgan fingerprint density at radius 1 is 1.16 bits per heavy atom. The molecule has 2 rings (SSSR count). The number of nitro benzene ring substituents is 1. The van der Waals surface area contributed by atoms with Gasteiger partial charge in [-0.05, 0) is 30.4 Å². The number of anilines is 1. The lowest BCUT2D eigenvalue weighted by Crippen LogP contribution is -2.34. The van der Waals surface area contributed by atoms with Gasteiger partial charge in [0, 0.05) is 24.7 Å². The van der Waals surface area contributed by atoms with Crippen molar-refractivity contribution < 1.29 is 19.2 Å². The highest BCUT2D eigenvalue weighted by Crippen LogP contribution is 2.19. The molecule has 128 valence electrons. The van der Waals surface area contributed by atoms with Crippen molar-refractivity contribution >= 4 is 40.6 Å². The molecule has 9 heteroatoms. The molecule has 0 aromatic heterocycles. The van der Waals surface area contributed by atoms with Crippen molar-refractivity contribution in [2.75, 3.05) is 5.32 Å². The van der Waals surface area contributed by atoms with Crippen LogP contribution in [0, 0.1) is 10.1 Å². The Morgan fingerprint density at radius 2 is 1.88 bits per heavy atom. The van der Waals surface area contributed by atoms with Gasteiger partial charge in [-0.1, -0.05) is 18.2 Å². The first kappa shape index (κ1) is 18.0. The van der Waals surface area contributed by atoms with E-state index in [4.69, 9.17) is 17.0 Å². The van der Waals surface area contributed by atoms with Gasteiger partial charge in [0.15, 0.2) is 5.11 Å². The van der Waals surface area contributed by atoms with Crippen LogP contribution in [0.4, 0.5) is 11.4 Å². The maximum Gasteiger partial charge on any atom is 0.308 e. The Morgan fingerprint density at radius 3 is 2.56 bits per heavy atom. The van der Waals surface area contributed by atoms with Crippen LogP contribution >= 0.6 is 12.2 Å². The van der Waals surface area contributed by atoms with Gasteiger partial charge in [0.05, 0.1) is 10.5 Å². The number of ether oxygens (including phenoxy) is 1. The Bertz CT molecular complexity index is 853. The maximum absolute atomic E-state index is 12.3. The van der Waals surface area contributed by atoms with Crippen LogP contribution < -0.4 is 15.4 Å². The van der Waals surface area contributed by atoms with E-state index in [2.05, 4.69) is 10.6 Å². The van der Waals surface area contributed by atoms with Crippen LogP contribution in [0.15, 0.2) is 48.5 Å². The number of esters is 1. The molecule has 0 radical (unpaired) electrons. The molecule has 0 spiro atoms. The Labute approximate surface area is 147 Å². The molecular formula is C16H13N3O5S. The molecule has 0 bridgehead atoms. The molecule has 2 aromatic carbocycles. The van der Waals surface area contributed by atoms with Crippen LogP contribution in [-0.4, -0.2) is 21.9 Å². The van der Waals surface area contributed by atoms with E-state index in [-0.39, 0.29) is 22.1 Å². The average Bonchev–Trinajstić information content (AvgIpc) is 2.54. The number of hydrogen-bond donors (Lipinski definition) is 2. The second-order valence-electron chi connectivity index (χ2n) is 4.81. The fourth-order valence-electron chi connectivity index (χ4n) is 1.93. The number of carbonyl (C=O) groups excluding carboxylic acids is 2. The average molecular weight is 359 g/mol. The summed E-state index contributed by atoms with van der Waals surface area (Å²) in [5.74, 6) is -1.04. The number of benzene rings is 2. The summed E-state index contributed by atoms with van der Waals surface area (Å²) in [6, 6.07) is 11.9. The number of nitrogens with one attached hydrogen (secondary N) is 2. The zero-order valence-corrected chi connectivity index (χ0v) is 13.8. The van der Waals surface area contributed by atoms with E-state index in [1.807, 2.05) is 0 Å². The zero-order chi connectivity index (χ0) is 18.4. The van der Waals surface area contributed by atoms with Crippen LogP contribution in [0.25, 0.3) is 0 Å². The molecule has 2 N–H and O–H groups in total. The lowest BCUT2D eigenvalue weighted by molar-refractivity contribution is -0.384. The largest absolute Gasteiger partial charge is 0.426 e. The topological polar surface area (TPSA) is 111 Å². The molecule has 8 nitrogen and oxygen atoms in total. The number of nitro groups is 1. The summed E-state index contributed by atoms with van der Waals surface area (Å²) in [6.07, 6.45) is 0. The molecule has 0 aliphatic heterocycles. The molecule has 0 aliphatic rings. The Hall–Kier alpha value is -3.33. The fourth-order valence-corrected chi connectivity index (χ4v) is 2.14. The van der Waals surface area contributed by atoms with Crippen LogP contribution in [0.3, 0.4) is 0 Å². The van der Waals surface area contributed by atoms with E-state index in [0.717, 1.165) is 0 Å². The van der Waals surface area contributed by atoms with Gasteiger partial charge in [-0.25, -0.2) is 0 Å². The minimum atomic E-state index is -0.584. The second-order valence-corrected chi connectivity index (χ2v) is 5.21. The SMILES string of the molecule is CC(=O)Oc1ccccc1C(=O)NC(=S)Nc1cccc([N+](=O)[O-])c1. The predicted molar refractivity (Wildman–Crippen MR) is 94.5 cm³/mol. The summed E-state index contributed by atoms with van der Waals surface area (Å²) in [5.41, 5.74) is 0.369. The van der Waals surface area contributed by atoms with E-state index in [1.165, 1.54) is 37.3 Å². The highest BCUT2D eigenvalue weighted by molar-refractivity contribution is 7.80. The molecule has 25 heavy (non-hydrogen) atoms. The lowest BCUT2D eigenvalue weighted by Gasteiger charge is -2.11. The number of rotatable bonds is 4. The molecule has 0 saturated heterocycles. The summed E-state index contributed by atoms with van der Waals surface area (Å²) in [4.78, 5) is 33.6. The van der Waals surface area contributed by atoms with Gasteiger partial charge in [-0.15, -0.1) is 0 Å². The van der Waals surface area contributed by atoms with E-state index < -0.39 is 16.8 Å². The number of nitrogens with zero attached hydrogens (tertiary/aromatic N) is 1. The molecule has 0 atom stereocenters. The summed E-state index contributed by atoms with van der Waals surface area (Å²) < 4.78 is 4.97. The molecule has 0 heterocycles. The minimum absolute atomic E-state index is 0.0527. The van der Waals surface area contributed by atoms with Crippen LogP contribution in [0.1, 0.15) is 17.3 Å². The molecule has 0 saturated carbocycles. The highest BCUT2D eigenvalue weighted by atomic mass is 32.1. The smallest absolute Gasteiger partial charge is 0.308 e. The highest BCUT2D eigenvalue weighted by Gasteiger charge is 2.15. The summed E-state index contributed by atoms with van der Waals surface area (Å²) in [7, 11) is 0. The van der Waals surface area contributed by atoms with Gasteiger partial charge in [-0.3, -0.25) is 25.0 Å². The van der Waals surface area contributed by atoms with E-state index >= 15 is 0 Å². The van der Waals surface area contributed by atoms with Crippen molar-refractivity contribution in [1.29, 1.82) is 0 Å². The van der Waals surface area contributed by atoms with E-state index in [0.29, 0.717) is 5.69 Å². The number of carbonyl (C=O) groups is 2. The predicted octanol–water partition coefficient (Wildman–Crippen LogP) is 2.65. The molecule has 0 fully saturated rings. The van der Waals surface area contributed by atoms with Crippen molar-refractivity contribution in [3.63, 3.8) is 0 Å². The Kier molecular flexibility index (Phi) is 5.75. The van der Waals surface area contributed by atoms with Crippen LogP contribution in [0.5, 0.6) is 5.75 Å². The van der Waals surface area contributed by atoms with Gasteiger partial charge < -0.3 is 10.1 Å². The summed E-state index contributed by atoms with van der Waals surface area (Å²) in [5, 5.41) is 15.8. The van der Waals surface area contributed by atoms with Crippen molar-refractivity contribution in [2.24, 2.45) is 0 Å². The number of para-hydroxylation sites is 1. The van der Waals surface area contributed by atoms with Crippen molar-refractivity contribution in [1.82, 2.24) is 5.32 Å². The van der Waals surface area contributed by atoms with Crippen molar-refractivity contribution in [3.05, 3.63) is 64.2 Å². The van der Waals surface area contributed by atoms with Gasteiger partial charge in [0.2, 0.25) is 0 Å². The first-order chi connectivity index (χ1) is 11.9. The standard InChI is InChI=1S/C16H13N3O5S/c1-10(20)24-14-8-3-2-7-13(14)15(21)18-16(25)17-11-5-4-6-12(9-11)19(22)23/h2-9H,1H3,(H2,17,18,21,25). The van der Waals surface area contributed by atoms with Crippen LogP contribution in [-0.2, 0) is 4.79 Å². The second kappa shape index (κ2) is 7.97. The molecule has 2 aromatic rings. The fraction of sp³-hybridized carbons (Fsp3) is 0.0625. The maximum atomic E-state index is 12.3. The normalized spacial score (nSPS) is 9.80. The van der Waals surface area contributed by atoms with Gasteiger partial charge >= 0.3 is 5.97 Å². The molecular weight excluding hydrogens is 346 g/mol. The van der Waals surface area contributed by atoms with Crippen molar-refractivity contribution in [3.8, 4) is 5.75 Å². The number of amides is 1. The number of hydrogen-bond acceptors (Lipinski definition) is 6.